The molecule has 0 aliphatic carbocycles. The number of hydrogen-bond acceptors (Lipinski definition) is 3. The average molecular weight is 273 g/mol. The van der Waals surface area contributed by atoms with Gasteiger partial charge in [-0.3, -0.25) is 4.98 Å². The lowest BCUT2D eigenvalue weighted by Crippen LogP contribution is -2.21. The maximum absolute atomic E-state index is 5.42. The Bertz CT molecular complexity index is 292. The molecular weight excluding hydrogens is 256 g/mol. The van der Waals surface area contributed by atoms with Crippen LogP contribution in [0, 0.1) is 0 Å². The van der Waals surface area contributed by atoms with Gasteiger partial charge in [-0.05, 0) is 41.4 Å². The topological polar surface area (TPSA) is 34.1 Å². The Labute approximate surface area is 99.4 Å². The number of nitrogens with zero attached hydrogens (tertiary/aromatic N) is 1. The maximum Gasteiger partial charge on any atom is 0.0594 e. The van der Waals surface area contributed by atoms with Gasteiger partial charge in [0.2, 0.25) is 0 Å². The summed E-state index contributed by atoms with van der Waals surface area (Å²) in [6.07, 6.45) is 3.95. The van der Waals surface area contributed by atoms with Crippen LogP contribution < -0.4 is 5.32 Å². The maximum atomic E-state index is 5.42. The number of pyridine rings is 1. The van der Waals surface area contributed by atoms with Crippen LogP contribution in [0.1, 0.15) is 19.4 Å². The Kier molecular flexibility index (Phi) is 5.83. The molecule has 0 saturated carbocycles. The van der Waals surface area contributed by atoms with E-state index < -0.39 is 0 Å². The van der Waals surface area contributed by atoms with E-state index in [4.69, 9.17) is 4.74 Å². The molecule has 1 aromatic rings. The molecule has 3 nitrogen and oxygen atoms in total. The third kappa shape index (κ3) is 5.87. The zero-order valence-electron chi connectivity index (χ0n) is 9.16. The molecule has 0 radical (unpaired) electrons. The highest BCUT2D eigenvalue weighted by Gasteiger charge is 1.95. The van der Waals surface area contributed by atoms with Crippen molar-refractivity contribution in [1.82, 2.24) is 10.3 Å². The lowest BCUT2D eigenvalue weighted by atomic mass is 10.3. The molecule has 1 rings (SSSR count). The van der Waals surface area contributed by atoms with Crippen LogP contribution in [-0.4, -0.2) is 24.2 Å². The molecule has 84 valence electrons. The monoisotopic (exact) mass is 272 g/mol. The van der Waals surface area contributed by atoms with Gasteiger partial charge in [0.05, 0.1) is 12.7 Å². The highest BCUT2D eigenvalue weighted by Crippen LogP contribution is 2.08. The van der Waals surface area contributed by atoms with Crippen molar-refractivity contribution in [2.75, 3.05) is 13.2 Å². The molecule has 0 saturated heterocycles. The van der Waals surface area contributed by atoms with Crippen LogP contribution in [0.4, 0.5) is 0 Å². The van der Waals surface area contributed by atoms with E-state index in [9.17, 15) is 0 Å². The van der Waals surface area contributed by atoms with Gasteiger partial charge in [-0.2, -0.15) is 0 Å². The molecule has 0 unspecified atom stereocenters. The van der Waals surface area contributed by atoms with Crippen molar-refractivity contribution in [3.63, 3.8) is 0 Å². The highest BCUT2D eigenvalue weighted by molar-refractivity contribution is 9.10. The van der Waals surface area contributed by atoms with Crippen molar-refractivity contribution in [1.29, 1.82) is 0 Å². The van der Waals surface area contributed by atoms with Crippen molar-refractivity contribution < 1.29 is 4.74 Å². The van der Waals surface area contributed by atoms with Gasteiger partial charge >= 0.3 is 0 Å². The zero-order chi connectivity index (χ0) is 11.1. The van der Waals surface area contributed by atoms with Gasteiger partial charge < -0.3 is 10.1 Å². The van der Waals surface area contributed by atoms with Crippen LogP contribution in [-0.2, 0) is 11.3 Å². The third-order valence-electron chi connectivity index (χ3n) is 1.82. The van der Waals surface area contributed by atoms with Crippen molar-refractivity contribution in [2.45, 2.75) is 26.5 Å². The number of aromatic nitrogens is 1. The fraction of sp³-hybridized carbons (Fsp3) is 0.545. The minimum Gasteiger partial charge on any atom is -0.377 e. The molecule has 15 heavy (non-hydrogen) atoms. The van der Waals surface area contributed by atoms with E-state index in [1.165, 1.54) is 5.56 Å². The van der Waals surface area contributed by atoms with E-state index in [0.717, 1.165) is 24.2 Å². The molecule has 0 aromatic carbocycles. The summed E-state index contributed by atoms with van der Waals surface area (Å²) in [7, 11) is 0. The minimum absolute atomic E-state index is 0.305. The van der Waals surface area contributed by atoms with Crippen LogP contribution in [0.25, 0.3) is 0 Å². The summed E-state index contributed by atoms with van der Waals surface area (Å²) in [5, 5.41) is 3.30. The van der Waals surface area contributed by atoms with Gasteiger partial charge in [-0.15, -0.1) is 0 Å². The first-order valence-electron chi connectivity index (χ1n) is 5.10. The van der Waals surface area contributed by atoms with E-state index in [1.807, 2.05) is 20.0 Å². The Morgan fingerprint density at radius 1 is 1.47 bits per heavy atom. The van der Waals surface area contributed by atoms with Gasteiger partial charge in [-0.25, -0.2) is 0 Å². The predicted octanol–water partition coefficient (Wildman–Crippen LogP) is 2.36. The largest absolute Gasteiger partial charge is 0.377 e. The van der Waals surface area contributed by atoms with Crippen molar-refractivity contribution in [3.05, 3.63) is 28.5 Å². The van der Waals surface area contributed by atoms with Gasteiger partial charge in [0.25, 0.3) is 0 Å². The van der Waals surface area contributed by atoms with E-state index >= 15 is 0 Å². The first-order chi connectivity index (χ1) is 7.18. The fourth-order valence-electron chi connectivity index (χ4n) is 1.15. The lowest BCUT2D eigenvalue weighted by Gasteiger charge is -2.08. The zero-order valence-corrected chi connectivity index (χ0v) is 10.8. The van der Waals surface area contributed by atoms with E-state index in [2.05, 4.69) is 32.3 Å². The molecule has 0 aliphatic heterocycles. The quantitative estimate of drug-likeness (QED) is 0.808. The van der Waals surface area contributed by atoms with Crippen molar-refractivity contribution >= 4 is 15.9 Å². The second-order valence-electron chi connectivity index (χ2n) is 3.61. The SMILES string of the molecule is CC(C)OCCNCc1cncc(Br)c1. The number of halogens is 1. The van der Waals surface area contributed by atoms with E-state index in [0.29, 0.717) is 6.10 Å². The van der Waals surface area contributed by atoms with Gasteiger partial charge in [0.1, 0.15) is 0 Å². The van der Waals surface area contributed by atoms with Crippen LogP contribution in [0.3, 0.4) is 0 Å². The van der Waals surface area contributed by atoms with Crippen LogP contribution >= 0.6 is 15.9 Å². The highest BCUT2D eigenvalue weighted by atomic mass is 79.9. The number of hydrogen-bond donors (Lipinski definition) is 1. The summed E-state index contributed by atoms with van der Waals surface area (Å²) in [4.78, 5) is 4.09. The molecule has 1 N–H and O–H groups in total. The molecule has 0 spiro atoms. The molecule has 0 bridgehead atoms. The molecule has 4 heteroatoms. The summed E-state index contributed by atoms with van der Waals surface area (Å²) in [6.45, 7) is 6.52. The third-order valence-corrected chi connectivity index (χ3v) is 2.25. The van der Waals surface area contributed by atoms with Crippen LogP contribution in [0.2, 0.25) is 0 Å². The number of ether oxygens (including phenoxy) is 1. The van der Waals surface area contributed by atoms with Crippen molar-refractivity contribution in [3.8, 4) is 0 Å². The minimum atomic E-state index is 0.305. The van der Waals surface area contributed by atoms with Gasteiger partial charge in [0, 0.05) is 30.0 Å². The standard InChI is InChI=1S/C11H17BrN2O/c1-9(2)15-4-3-13-6-10-5-11(12)8-14-7-10/h5,7-9,13H,3-4,6H2,1-2H3. The first kappa shape index (κ1) is 12.6. The Hall–Kier alpha value is -0.450. The van der Waals surface area contributed by atoms with E-state index in [1.54, 1.807) is 6.20 Å². The Morgan fingerprint density at radius 2 is 2.27 bits per heavy atom. The number of rotatable bonds is 6. The molecule has 0 amide bonds. The summed E-state index contributed by atoms with van der Waals surface area (Å²) in [6, 6.07) is 2.06. The smallest absolute Gasteiger partial charge is 0.0594 e. The fourth-order valence-corrected chi connectivity index (χ4v) is 1.56. The summed E-state index contributed by atoms with van der Waals surface area (Å²) >= 11 is 3.39. The van der Waals surface area contributed by atoms with E-state index in [-0.39, 0.29) is 0 Å². The van der Waals surface area contributed by atoms with Gasteiger partial charge in [0.15, 0.2) is 0 Å². The molecule has 0 atom stereocenters. The second kappa shape index (κ2) is 6.93. The Balaban J connectivity index is 2.15. The van der Waals surface area contributed by atoms with Crippen molar-refractivity contribution in [2.24, 2.45) is 0 Å². The number of nitrogens with one attached hydrogen (secondary N) is 1. The molecule has 0 aliphatic rings. The summed E-state index contributed by atoms with van der Waals surface area (Å²) < 4.78 is 6.43. The molecular formula is C11H17BrN2O. The normalized spacial score (nSPS) is 10.9. The lowest BCUT2D eigenvalue weighted by molar-refractivity contribution is 0.0807. The molecule has 0 fully saturated rings. The summed E-state index contributed by atoms with van der Waals surface area (Å²) in [5.41, 5.74) is 1.17. The van der Waals surface area contributed by atoms with Crippen LogP contribution in [0.5, 0.6) is 0 Å². The van der Waals surface area contributed by atoms with Crippen LogP contribution in [0.15, 0.2) is 22.9 Å². The predicted molar refractivity (Wildman–Crippen MR) is 64.7 cm³/mol. The second-order valence-corrected chi connectivity index (χ2v) is 4.52. The Morgan fingerprint density at radius 3 is 2.93 bits per heavy atom. The van der Waals surface area contributed by atoms with Gasteiger partial charge in [-0.1, -0.05) is 0 Å². The summed E-state index contributed by atoms with van der Waals surface area (Å²) in [5.74, 6) is 0. The molecule has 1 aromatic heterocycles. The average Bonchev–Trinajstić information content (AvgIpc) is 2.17. The molecule has 1 heterocycles. The first-order valence-corrected chi connectivity index (χ1v) is 5.89.